The van der Waals surface area contributed by atoms with Crippen molar-refractivity contribution in [1.29, 1.82) is 0 Å². The Kier molecular flexibility index (Phi) is 11.0. The SMILES string of the molecule is CCC(=O)Nc1ccc(N2CCN(CCOc3ccc(Cl)cc3)CC2)c(C(=O)O)c1.O=C(O)C(F)(F)F. The van der Waals surface area contributed by atoms with Gasteiger partial charge in [-0.3, -0.25) is 9.69 Å². The molecule has 1 heterocycles. The second-order valence-electron chi connectivity index (χ2n) is 7.87. The molecule has 0 saturated carbocycles. The molecule has 202 valence electrons. The van der Waals surface area contributed by atoms with Crippen molar-refractivity contribution in [3.05, 3.63) is 53.1 Å². The summed E-state index contributed by atoms with van der Waals surface area (Å²) in [6.07, 6.45) is -4.74. The van der Waals surface area contributed by atoms with Gasteiger partial charge in [0, 0.05) is 49.9 Å². The van der Waals surface area contributed by atoms with Gasteiger partial charge in [-0.25, -0.2) is 9.59 Å². The lowest BCUT2D eigenvalue weighted by Crippen LogP contribution is -2.47. The summed E-state index contributed by atoms with van der Waals surface area (Å²) in [5, 5.41) is 20.2. The van der Waals surface area contributed by atoms with Crippen LogP contribution in [-0.2, 0) is 9.59 Å². The predicted molar refractivity (Wildman–Crippen MR) is 132 cm³/mol. The topological polar surface area (TPSA) is 119 Å². The van der Waals surface area contributed by atoms with Gasteiger partial charge >= 0.3 is 18.1 Å². The molecular formula is C24H27ClF3N3O6. The van der Waals surface area contributed by atoms with Crippen LogP contribution in [0, 0.1) is 0 Å². The van der Waals surface area contributed by atoms with Crippen LogP contribution in [0.5, 0.6) is 5.75 Å². The molecule has 1 amide bonds. The van der Waals surface area contributed by atoms with E-state index in [1.807, 2.05) is 12.1 Å². The van der Waals surface area contributed by atoms with Crippen LogP contribution in [-0.4, -0.2) is 78.5 Å². The number of aliphatic carboxylic acids is 1. The second-order valence-corrected chi connectivity index (χ2v) is 8.31. The first kappa shape index (κ1) is 29.7. The highest BCUT2D eigenvalue weighted by Gasteiger charge is 2.38. The van der Waals surface area contributed by atoms with Gasteiger partial charge in [-0.15, -0.1) is 0 Å². The number of anilines is 2. The van der Waals surface area contributed by atoms with Gasteiger partial charge in [-0.2, -0.15) is 13.2 Å². The zero-order valence-corrected chi connectivity index (χ0v) is 20.7. The van der Waals surface area contributed by atoms with Crippen molar-refractivity contribution < 1.29 is 42.5 Å². The Bertz CT molecular complexity index is 1070. The van der Waals surface area contributed by atoms with Crippen LogP contribution < -0.4 is 15.0 Å². The van der Waals surface area contributed by atoms with Crippen LogP contribution in [0.4, 0.5) is 24.5 Å². The molecule has 13 heteroatoms. The zero-order chi connectivity index (χ0) is 27.6. The Labute approximate surface area is 216 Å². The van der Waals surface area contributed by atoms with Gasteiger partial charge in [0.1, 0.15) is 12.4 Å². The van der Waals surface area contributed by atoms with E-state index in [4.69, 9.17) is 26.2 Å². The molecule has 2 aromatic carbocycles. The van der Waals surface area contributed by atoms with Gasteiger partial charge in [-0.1, -0.05) is 18.5 Å². The molecule has 3 N–H and O–H groups in total. The Morgan fingerprint density at radius 2 is 1.62 bits per heavy atom. The third-order valence-electron chi connectivity index (χ3n) is 5.28. The molecule has 0 aromatic heterocycles. The van der Waals surface area contributed by atoms with Crippen molar-refractivity contribution in [2.24, 2.45) is 0 Å². The Hall–Kier alpha value is -3.51. The van der Waals surface area contributed by atoms with Gasteiger partial charge in [-0.05, 0) is 42.5 Å². The summed E-state index contributed by atoms with van der Waals surface area (Å²) in [7, 11) is 0. The maximum Gasteiger partial charge on any atom is 0.490 e. The molecule has 0 bridgehead atoms. The molecule has 0 atom stereocenters. The molecule has 0 radical (unpaired) electrons. The number of benzene rings is 2. The maximum absolute atomic E-state index is 11.8. The number of rotatable bonds is 8. The second kappa shape index (κ2) is 13.7. The van der Waals surface area contributed by atoms with Gasteiger partial charge < -0.3 is 25.2 Å². The summed E-state index contributed by atoms with van der Waals surface area (Å²) < 4.78 is 37.5. The van der Waals surface area contributed by atoms with Crippen molar-refractivity contribution in [2.75, 3.05) is 49.5 Å². The number of hydrogen-bond acceptors (Lipinski definition) is 6. The van der Waals surface area contributed by atoms with E-state index in [1.54, 1.807) is 31.2 Å². The molecule has 0 aliphatic carbocycles. The van der Waals surface area contributed by atoms with Crippen LogP contribution in [0.2, 0.25) is 5.02 Å². The van der Waals surface area contributed by atoms with Crippen LogP contribution in [0.15, 0.2) is 42.5 Å². The molecule has 37 heavy (non-hydrogen) atoms. The number of aromatic carboxylic acids is 1. The third kappa shape index (κ3) is 9.81. The summed E-state index contributed by atoms with van der Waals surface area (Å²) in [5.74, 6) is -3.11. The highest BCUT2D eigenvalue weighted by Crippen LogP contribution is 2.26. The normalized spacial score (nSPS) is 13.8. The van der Waals surface area contributed by atoms with Crippen LogP contribution in [0.25, 0.3) is 0 Å². The molecule has 2 aromatic rings. The molecule has 0 unspecified atom stereocenters. The number of carboxylic acid groups (broad SMARTS) is 2. The average molecular weight is 546 g/mol. The van der Waals surface area contributed by atoms with Crippen molar-refractivity contribution in [3.63, 3.8) is 0 Å². The van der Waals surface area contributed by atoms with Crippen molar-refractivity contribution in [2.45, 2.75) is 19.5 Å². The number of carbonyl (C=O) groups excluding carboxylic acids is 1. The number of halogens is 4. The average Bonchev–Trinajstić information content (AvgIpc) is 2.85. The first-order valence-electron chi connectivity index (χ1n) is 11.2. The number of hydrogen-bond donors (Lipinski definition) is 3. The third-order valence-corrected chi connectivity index (χ3v) is 5.53. The molecule has 9 nitrogen and oxygen atoms in total. The summed E-state index contributed by atoms with van der Waals surface area (Å²) in [5.41, 5.74) is 1.37. The number of nitrogens with one attached hydrogen (secondary N) is 1. The fraction of sp³-hybridized carbons (Fsp3) is 0.375. The number of alkyl halides is 3. The van der Waals surface area contributed by atoms with Gasteiger partial charge in [0.15, 0.2) is 0 Å². The van der Waals surface area contributed by atoms with E-state index in [-0.39, 0.29) is 11.5 Å². The van der Waals surface area contributed by atoms with E-state index in [1.165, 1.54) is 6.07 Å². The number of amides is 1. The molecule has 1 saturated heterocycles. The molecule has 1 aliphatic heterocycles. The van der Waals surface area contributed by atoms with Crippen LogP contribution in [0.3, 0.4) is 0 Å². The summed E-state index contributed by atoms with van der Waals surface area (Å²) >= 11 is 5.88. The standard InChI is InChI=1S/C22H26ClN3O4.C2HF3O2/c1-2-21(27)24-17-5-8-20(19(15-17)22(28)29)26-11-9-25(10-12-26)13-14-30-18-6-3-16(23)4-7-18;3-2(4,5)1(6)7/h3-8,15H,2,9-14H2,1H3,(H,24,27)(H,28,29);(H,6,7). The largest absolute Gasteiger partial charge is 0.492 e. The first-order valence-corrected chi connectivity index (χ1v) is 11.6. The maximum atomic E-state index is 11.8. The predicted octanol–water partition coefficient (Wildman–Crippen LogP) is 4.22. The van der Waals surface area contributed by atoms with E-state index in [9.17, 15) is 27.9 Å². The summed E-state index contributed by atoms with van der Waals surface area (Å²) in [4.78, 5) is 36.6. The van der Waals surface area contributed by atoms with Crippen molar-refractivity contribution in [3.8, 4) is 5.75 Å². The lowest BCUT2D eigenvalue weighted by molar-refractivity contribution is -0.192. The van der Waals surface area contributed by atoms with Crippen LogP contribution in [0.1, 0.15) is 23.7 Å². The summed E-state index contributed by atoms with van der Waals surface area (Å²) in [6.45, 7) is 6.21. The molecule has 1 aliphatic rings. The first-order chi connectivity index (χ1) is 17.4. The number of carboxylic acids is 2. The van der Waals surface area contributed by atoms with Crippen LogP contribution >= 0.6 is 11.6 Å². The minimum absolute atomic E-state index is 0.145. The highest BCUT2D eigenvalue weighted by atomic mass is 35.5. The summed E-state index contributed by atoms with van der Waals surface area (Å²) in [6, 6.07) is 12.3. The van der Waals surface area contributed by atoms with Gasteiger partial charge in [0.25, 0.3) is 0 Å². The molecule has 1 fully saturated rings. The van der Waals surface area contributed by atoms with Crippen molar-refractivity contribution >= 4 is 40.8 Å². The fourth-order valence-corrected chi connectivity index (χ4v) is 3.47. The van der Waals surface area contributed by atoms with Gasteiger partial charge in [0.2, 0.25) is 5.91 Å². The van der Waals surface area contributed by atoms with Gasteiger partial charge in [0.05, 0.1) is 11.3 Å². The van der Waals surface area contributed by atoms with Crippen molar-refractivity contribution in [1.82, 2.24) is 4.90 Å². The number of nitrogens with zero attached hydrogens (tertiary/aromatic N) is 2. The zero-order valence-electron chi connectivity index (χ0n) is 19.9. The van der Waals surface area contributed by atoms with E-state index in [2.05, 4.69) is 15.1 Å². The van der Waals surface area contributed by atoms with E-state index in [0.717, 1.165) is 38.5 Å². The molecular weight excluding hydrogens is 519 g/mol. The lowest BCUT2D eigenvalue weighted by atomic mass is 10.1. The highest BCUT2D eigenvalue weighted by molar-refractivity contribution is 6.30. The Morgan fingerprint density at radius 1 is 1.03 bits per heavy atom. The minimum Gasteiger partial charge on any atom is -0.492 e. The fourth-order valence-electron chi connectivity index (χ4n) is 3.35. The number of ether oxygens (including phenoxy) is 1. The smallest absolute Gasteiger partial charge is 0.490 e. The van der Waals surface area contributed by atoms with E-state index in [0.29, 0.717) is 29.4 Å². The quantitative estimate of drug-likeness (QED) is 0.451. The number of carbonyl (C=O) groups is 3. The number of piperazine rings is 1. The lowest BCUT2D eigenvalue weighted by Gasteiger charge is -2.36. The van der Waals surface area contributed by atoms with E-state index < -0.39 is 18.1 Å². The monoisotopic (exact) mass is 545 g/mol. The Balaban J connectivity index is 0.000000604. The Morgan fingerprint density at radius 3 is 2.14 bits per heavy atom. The van der Waals surface area contributed by atoms with E-state index >= 15 is 0 Å². The molecule has 3 rings (SSSR count). The minimum atomic E-state index is -5.08. The molecule has 0 spiro atoms.